The summed E-state index contributed by atoms with van der Waals surface area (Å²) in [5, 5.41) is 9.12. The Kier molecular flexibility index (Phi) is 4.45. The van der Waals surface area contributed by atoms with Gasteiger partial charge in [-0.1, -0.05) is 11.8 Å². The SMILES string of the molecule is CCn1c(SCc2csc(C)n2)nc2cc(S(N)(=O)=O)ccc21. The molecule has 0 unspecified atom stereocenters. The van der Waals surface area contributed by atoms with Crippen molar-refractivity contribution in [2.45, 2.75) is 36.2 Å². The molecule has 0 radical (unpaired) electrons. The highest BCUT2D eigenvalue weighted by atomic mass is 32.2. The highest BCUT2D eigenvalue weighted by molar-refractivity contribution is 7.98. The monoisotopic (exact) mass is 368 g/mol. The highest BCUT2D eigenvalue weighted by Gasteiger charge is 2.14. The maximum absolute atomic E-state index is 11.5. The molecule has 1 aromatic carbocycles. The van der Waals surface area contributed by atoms with E-state index in [4.69, 9.17) is 5.14 Å². The van der Waals surface area contributed by atoms with Gasteiger partial charge in [-0.15, -0.1) is 11.3 Å². The largest absolute Gasteiger partial charge is 0.319 e. The van der Waals surface area contributed by atoms with Crippen molar-refractivity contribution in [1.29, 1.82) is 0 Å². The summed E-state index contributed by atoms with van der Waals surface area (Å²) in [6.45, 7) is 4.77. The number of nitrogens with zero attached hydrogens (tertiary/aromatic N) is 3. The van der Waals surface area contributed by atoms with Crippen LogP contribution in [0.4, 0.5) is 0 Å². The van der Waals surface area contributed by atoms with Crippen LogP contribution in [-0.4, -0.2) is 23.0 Å². The third-order valence-electron chi connectivity index (χ3n) is 3.35. The first-order valence-electron chi connectivity index (χ1n) is 6.95. The van der Waals surface area contributed by atoms with Gasteiger partial charge in [0, 0.05) is 17.7 Å². The van der Waals surface area contributed by atoms with Gasteiger partial charge in [0.05, 0.1) is 26.6 Å². The van der Waals surface area contributed by atoms with E-state index in [9.17, 15) is 8.42 Å². The van der Waals surface area contributed by atoms with Crippen LogP contribution in [0, 0.1) is 6.92 Å². The Morgan fingerprint density at radius 1 is 1.35 bits per heavy atom. The molecule has 122 valence electrons. The van der Waals surface area contributed by atoms with Crippen LogP contribution >= 0.6 is 23.1 Å². The van der Waals surface area contributed by atoms with Crippen LogP contribution in [-0.2, 0) is 22.3 Å². The molecule has 0 saturated heterocycles. The molecule has 23 heavy (non-hydrogen) atoms. The van der Waals surface area contributed by atoms with Gasteiger partial charge in [-0.3, -0.25) is 0 Å². The van der Waals surface area contributed by atoms with Crippen molar-refractivity contribution in [1.82, 2.24) is 14.5 Å². The van der Waals surface area contributed by atoms with E-state index in [1.54, 1.807) is 29.2 Å². The number of imidazole rings is 1. The topological polar surface area (TPSA) is 90.9 Å². The number of primary sulfonamides is 1. The number of nitrogens with two attached hydrogens (primary N) is 1. The lowest BCUT2D eigenvalue weighted by atomic mass is 10.3. The quantitative estimate of drug-likeness (QED) is 0.699. The zero-order chi connectivity index (χ0) is 16.6. The van der Waals surface area contributed by atoms with E-state index in [2.05, 4.69) is 14.5 Å². The van der Waals surface area contributed by atoms with Gasteiger partial charge in [-0.05, 0) is 32.0 Å². The molecule has 0 aliphatic heterocycles. The number of rotatable bonds is 5. The maximum Gasteiger partial charge on any atom is 0.238 e. The molecule has 0 amide bonds. The zero-order valence-corrected chi connectivity index (χ0v) is 15.1. The lowest BCUT2D eigenvalue weighted by Gasteiger charge is -2.04. The van der Waals surface area contributed by atoms with Gasteiger partial charge in [0.1, 0.15) is 0 Å². The Hall–Kier alpha value is -1.42. The van der Waals surface area contributed by atoms with Crippen LogP contribution in [0.25, 0.3) is 11.0 Å². The van der Waals surface area contributed by atoms with E-state index < -0.39 is 10.0 Å². The number of hydrogen-bond donors (Lipinski definition) is 1. The number of sulfonamides is 1. The minimum Gasteiger partial charge on any atom is -0.319 e. The molecule has 0 saturated carbocycles. The predicted octanol–water partition coefficient (Wildman–Crippen LogP) is 2.76. The van der Waals surface area contributed by atoms with Crippen molar-refractivity contribution in [3.63, 3.8) is 0 Å². The Morgan fingerprint density at radius 2 is 2.13 bits per heavy atom. The molecular formula is C14H16N4O2S3. The lowest BCUT2D eigenvalue weighted by Crippen LogP contribution is -2.11. The molecule has 0 spiro atoms. The lowest BCUT2D eigenvalue weighted by molar-refractivity contribution is 0.598. The molecule has 3 aromatic rings. The Bertz CT molecular complexity index is 960. The number of hydrogen-bond acceptors (Lipinski definition) is 6. The van der Waals surface area contributed by atoms with Crippen molar-refractivity contribution < 1.29 is 8.42 Å². The fourth-order valence-corrected chi connectivity index (χ4v) is 4.52. The fourth-order valence-electron chi connectivity index (χ4n) is 2.29. The number of thioether (sulfide) groups is 1. The summed E-state index contributed by atoms with van der Waals surface area (Å²) in [4.78, 5) is 9.09. The summed E-state index contributed by atoms with van der Waals surface area (Å²) in [6, 6.07) is 4.79. The zero-order valence-electron chi connectivity index (χ0n) is 12.7. The number of benzene rings is 1. The minimum atomic E-state index is -3.72. The molecule has 9 heteroatoms. The van der Waals surface area contributed by atoms with Gasteiger partial charge in [0.2, 0.25) is 10.0 Å². The number of aryl methyl sites for hydroxylation is 2. The summed E-state index contributed by atoms with van der Waals surface area (Å²) >= 11 is 3.22. The van der Waals surface area contributed by atoms with Crippen LogP contribution in [0.5, 0.6) is 0 Å². The molecule has 2 aromatic heterocycles. The van der Waals surface area contributed by atoms with Crippen LogP contribution < -0.4 is 5.14 Å². The second kappa shape index (κ2) is 6.23. The van der Waals surface area contributed by atoms with E-state index in [1.165, 1.54) is 12.1 Å². The number of thiazole rings is 1. The van der Waals surface area contributed by atoms with Gasteiger partial charge in [0.15, 0.2) is 5.16 Å². The van der Waals surface area contributed by atoms with Crippen LogP contribution in [0.1, 0.15) is 17.6 Å². The van der Waals surface area contributed by atoms with Crippen LogP contribution in [0.2, 0.25) is 0 Å². The summed E-state index contributed by atoms with van der Waals surface area (Å²) in [5.74, 6) is 0.732. The average Bonchev–Trinajstić information content (AvgIpc) is 3.06. The first kappa shape index (κ1) is 16.4. The van der Waals surface area contributed by atoms with Crippen molar-refractivity contribution >= 4 is 44.2 Å². The molecule has 0 bridgehead atoms. The van der Waals surface area contributed by atoms with Gasteiger partial charge >= 0.3 is 0 Å². The molecule has 0 aliphatic rings. The fraction of sp³-hybridized carbons (Fsp3) is 0.286. The third-order valence-corrected chi connectivity index (χ3v) is 6.09. The normalized spacial score (nSPS) is 12.1. The maximum atomic E-state index is 11.5. The van der Waals surface area contributed by atoms with E-state index >= 15 is 0 Å². The van der Waals surface area contributed by atoms with Crippen molar-refractivity contribution in [2.24, 2.45) is 5.14 Å². The first-order valence-corrected chi connectivity index (χ1v) is 10.4. The highest BCUT2D eigenvalue weighted by Crippen LogP contribution is 2.28. The predicted molar refractivity (Wildman–Crippen MR) is 93.2 cm³/mol. The standard InChI is InChI=1S/C14H16N4O2S3/c1-3-18-13-5-4-11(23(15,19)20)6-12(13)17-14(18)22-8-10-7-21-9(2)16-10/h4-7H,3,8H2,1-2H3,(H2,15,19,20). The van der Waals surface area contributed by atoms with Crippen LogP contribution in [0.15, 0.2) is 33.6 Å². The van der Waals surface area contributed by atoms with E-state index in [0.717, 1.165) is 33.7 Å². The molecular weight excluding hydrogens is 352 g/mol. The van der Waals surface area contributed by atoms with E-state index in [1.807, 2.05) is 19.2 Å². The summed E-state index contributed by atoms with van der Waals surface area (Å²) in [7, 11) is -3.72. The first-order chi connectivity index (χ1) is 10.9. The van der Waals surface area contributed by atoms with Gasteiger partial charge < -0.3 is 4.57 Å². The molecule has 0 atom stereocenters. The molecule has 0 aliphatic carbocycles. The second-order valence-corrected chi connectivity index (χ2v) is 8.55. The summed E-state index contributed by atoms with van der Waals surface area (Å²) in [6.07, 6.45) is 0. The minimum absolute atomic E-state index is 0.0810. The molecule has 3 rings (SSSR count). The van der Waals surface area contributed by atoms with Crippen molar-refractivity contribution in [3.8, 4) is 0 Å². The summed E-state index contributed by atoms with van der Waals surface area (Å²) in [5.41, 5.74) is 2.56. The van der Waals surface area contributed by atoms with E-state index in [-0.39, 0.29) is 4.90 Å². The molecule has 2 N–H and O–H groups in total. The average molecular weight is 369 g/mol. The third kappa shape index (κ3) is 3.42. The Labute approximate surface area is 142 Å². The van der Waals surface area contributed by atoms with Crippen molar-refractivity contribution in [3.05, 3.63) is 34.3 Å². The van der Waals surface area contributed by atoms with Gasteiger partial charge in [-0.2, -0.15) is 0 Å². The Balaban J connectivity index is 1.96. The summed E-state index contributed by atoms with van der Waals surface area (Å²) < 4.78 is 25.0. The molecule has 6 nitrogen and oxygen atoms in total. The van der Waals surface area contributed by atoms with Gasteiger partial charge in [-0.25, -0.2) is 23.5 Å². The molecule has 0 fully saturated rings. The number of fused-ring (bicyclic) bond motifs is 1. The smallest absolute Gasteiger partial charge is 0.238 e. The number of aromatic nitrogens is 3. The van der Waals surface area contributed by atoms with E-state index in [0.29, 0.717) is 5.52 Å². The second-order valence-electron chi connectivity index (χ2n) is 4.98. The molecule has 2 heterocycles. The van der Waals surface area contributed by atoms with Crippen molar-refractivity contribution in [2.75, 3.05) is 0 Å². The van der Waals surface area contributed by atoms with Crippen LogP contribution in [0.3, 0.4) is 0 Å². The van der Waals surface area contributed by atoms with Gasteiger partial charge in [0.25, 0.3) is 0 Å². The Morgan fingerprint density at radius 3 is 2.74 bits per heavy atom.